The van der Waals surface area contributed by atoms with E-state index < -0.39 is 24.3 Å². The number of fused-ring (bicyclic) bond motifs is 1. The Hall–Kier alpha value is -5.03. The zero-order valence-electron chi connectivity index (χ0n) is 25.4. The standard InChI is InChI=1S/C36H36N4O6/c1-44-34(42)31(18-24-8-3-2-4-9-24)39-36(43)38-28-11-7-10-27(19-28)35-45-29(21-40-23-37-30-12-5-6-13-32(30)40)20-33(46-35)26-16-14-25(22-41)15-17-26/h2-17,19,23,29,31,33,35,41H,18,20-22H2,1H3,(H2,38,39,43)/t29-,31+,33+,35+/m1/s1. The van der Waals surface area contributed by atoms with Gasteiger partial charge < -0.3 is 34.5 Å². The van der Waals surface area contributed by atoms with Gasteiger partial charge in [0.2, 0.25) is 0 Å². The number of aromatic nitrogens is 2. The van der Waals surface area contributed by atoms with Gasteiger partial charge in [-0.2, -0.15) is 0 Å². The van der Waals surface area contributed by atoms with E-state index in [0.29, 0.717) is 25.1 Å². The van der Waals surface area contributed by atoms with Crippen LogP contribution in [0.15, 0.2) is 109 Å². The van der Waals surface area contributed by atoms with E-state index in [2.05, 4.69) is 20.2 Å². The number of amides is 2. The van der Waals surface area contributed by atoms with Gasteiger partial charge >= 0.3 is 12.0 Å². The number of aliphatic hydroxyl groups is 1. The molecule has 1 saturated heterocycles. The number of imidazole rings is 1. The summed E-state index contributed by atoms with van der Waals surface area (Å²) in [5.74, 6) is -0.536. The Kier molecular flexibility index (Phi) is 9.68. The van der Waals surface area contributed by atoms with Crippen molar-refractivity contribution in [3.05, 3.63) is 132 Å². The Bertz CT molecular complexity index is 1770. The number of carbonyl (C=O) groups excluding carboxylic acids is 2. The van der Waals surface area contributed by atoms with E-state index in [1.807, 2.05) is 97.3 Å². The van der Waals surface area contributed by atoms with E-state index in [-0.39, 0.29) is 18.8 Å². The molecule has 4 atom stereocenters. The van der Waals surface area contributed by atoms with E-state index in [1.165, 1.54) is 7.11 Å². The summed E-state index contributed by atoms with van der Waals surface area (Å²) in [6.07, 6.45) is 1.52. The van der Waals surface area contributed by atoms with Gasteiger partial charge in [-0.1, -0.05) is 78.9 Å². The van der Waals surface area contributed by atoms with Gasteiger partial charge in [-0.25, -0.2) is 14.6 Å². The fourth-order valence-electron chi connectivity index (χ4n) is 5.68. The Morgan fingerprint density at radius 2 is 1.72 bits per heavy atom. The third kappa shape index (κ3) is 7.43. The molecule has 0 unspecified atom stereocenters. The first-order chi connectivity index (χ1) is 22.5. The number of anilines is 1. The SMILES string of the molecule is COC(=O)[C@H](Cc1ccccc1)NC(=O)Nc1cccc([C@H]2O[C@@H](Cn3cnc4ccccc43)C[C@@H](c3ccc(CO)cc3)O2)c1. The van der Waals surface area contributed by atoms with Crippen LogP contribution in [0.2, 0.25) is 0 Å². The number of hydrogen-bond acceptors (Lipinski definition) is 7. The van der Waals surface area contributed by atoms with Crippen molar-refractivity contribution in [2.75, 3.05) is 12.4 Å². The van der Waals surface area contributed by atoms with Gasteiger partial charge in [-0.3, -0.25) is 0 Å². The van der Waals surface area contributed by atoms with Crippen molar-refractivity contribution >= 4 is 28.7 Å². The number of aliphatic hydroxyl groups excluding tert-OH is 1. The topological polar surface area (TPSA) is 124 Å². The van der Waals surface area contributed by atoms with Crippen molar-refractivity contribution in [2.24, 2.45) is 0 Å². The molecule has 10 nitrogen and oxygen atoms in total. The van der Waals surface area contributed by atoms with Crippen molar-refractivity contribution in [1.29, 1.82) is 0 Å². The highest BCUT2D eigenvalue weighted by atomic mass is 16.7. The van der Waals surface area contributed by atoms with Gasteiger partial charge in [0, 0.05) is 24.1 Å². The minimum absolute atomic E-state index is 0.0339. The molecule has 0 saturated carbocycles. The van der Waals surface area contributed by atoms with E-state index in [1.54, 1.807) is 12.1 Å². The summed E-state index contributed by atoms with van der Waals surface area (Å²) in [6, 6.07) is 31.0. The number of hydrogen-bond donors (Lipinski definition) is 3. The summed E-state index contributed by atoms with van der Waals surface area (Å²) in [5, 5.41) is 15.1. The molecule has 46 heavy (non-hydrogen) atoms. The monoisotopic (exact) mass is 620 g/mol. The molecule has 4 aromatic carbocycles. The van der Waals surface area contributed by atoms with Gasteiger partial charge in [-0.05, 0) is 41.0 Å². The molecular weight excluding hydrogens is 584 g/mol. The maximum absolute atomic E-state index is 13.0. The van der Waals surface area contributed by atoms with Crippen molar-refractivity contribution in [1.82, 2.24) is 14.9 Å². The fourth-order valence-corrected chi connectivity index (χ4v) is 5.68. The van der Waals surface area contributed by atoms with Crippen LogP contribution in [0.3, 0.4) is 0 Å². The van der Waals surface area contributed by atoms with Gasteiger partial charge in [0.05, 0.1) is 49.8 Å². The molecule has 0 radical (unpaired) electrons. The number of rotatable bonds is 10. The average molecular weight is 621 g/mol. The molecule has 5 aromatic rings. The predicted molar refractivity (Wildman–Crippen MR) is 173 cm³/mol. The first-order valence-corrected chi connectivity index (χ1v) is 15.2. The largest absolute Gasteiger partial charge is 0.467 e. The van der Waals surface area contributed by atoms with Gasteiger partial charge in [-0.15, -0.1) is 0 Å². The highest BCUT2D eigenvalue weighted by Crippen LogP contribution is 2.39. The minimum Gasteiger partial charge on any atom is -0.467 e. The van der Waals surface area contributed by atoms with E-state index in [0.717, 1.165) is 33.3 Å². The second kappa shape index (κ2) is 14.4. The molecule has 1 aliphatic heterocycles. The molecule has 10 heteroatoms. The number of benzene rings is 4. The number of methoxy groups -OCH3 is 1. The third-order valence-electron chi connectivity index (χ3n) is 8.03. The molecule has 2 heterocycles. The Labute approximate surface area is 266 Å². The number of nitrogens with zero attached hydrogens (tertiary/aromatic N) is 2. The normalized spacial score (nSPS) is 18.5. The number of para-hydroxylation sites is 2. The fraction of sp³-hybridized carbons (Fsp3) is 0.250. The van der Waals surface area contributed by atoms with Gasteiger partial charge in [0.15, 0.2) is 6.29 Å². The van der Waals surface area contributed by atoms with Gasteiger partial charge in [0.1, 0.15) is 6.04 Å². The summed E-state index contributed by atoms with van der Waals surface area (Å²) >= 11 is 0. The first-order valence-electron chi connectivity index (χ1n) is 15.2. The second-order valence-corrected chi connectivity index (χ2v) is 11.2. The molecule has 6 rings (SSSR count). The molecule has 236 valence electrons. The number of esters is 1. The van der Waals surface area contributed by atoms with Crippen LogP contribution >= 0.6 is 0 Å². The number of ether oxygens (including phenoxy) is 3. The maximum atomic E-state index is 13.0. The van der Waals surface area contributed by atoms with Crippen molar-refractivity contribution < 1.29 is 28.9 Å². The van der Waals surface area contributed by atoms with Crippen molar-refractivity contribution in [2.45, 2.75) is 50.5 Å². The highest BCUT2D eigenvalue weighted by molar-refractivity contribution is 5.92. The average Bonchev–Trinajstić information content (AvgIpc) is 3.50. The van der Waals surface area contributed by atoms with Crippen LogP contribution in [0, 0.1) is 0 Å². The number of nitrogens with one attached hydrogen (secondary N) is 2. The van der Waals surface area contributed by atoms with Gasteiger partial charge in [0.25, 0.3) is 0 Å². The van der Waals surface area contributed by atoms with Crippen LogP contribution < -0.4 is 10.6 Å². The molecule has 0 bridgehead atoms. The van der Waals surface area contributed by atoms with Crippen LogP contribution in [0.5, 0.6) is 0 Å². The molecule has 0 spiro atoms. The Morgan fingerprint density at radius 1 is 0.935 bits per heavy atom. The van der Waals surface area contributed by atoms with Crippen LogP contribution in [-0.2, 0) is 38.6 Å². The van der Waals surface area contributed by atoms with Crippen molar-refractivity contribution in [3.63, 3.8) is 0 Å². The smallest absolute Gasteiger partial charge is 0.328 e. The molecule has 1 fully saturated rings. The van der Waals surface area contributed by atoms with E-state index in [4.69, 9.17) is 14.2 Å². The van der Waals surface area contributed by atoms with Crippen molar-refractivity contribution in [3.8, 4) is 0 Å². The summed E-state index contributed by atoms with van der Waals surface area (Å²) in [6.45, 7) is 0.538. The lowest BCUT2D eigenvalue weighted by atomic mass is 10.00. The first kappa shape index (κ1) is 31.0. The Balaban J connectivity index is 1.20. The molecule has 1 aliphatic rings. The maximum Gasteiger partial charge on any atom is 0.328 e. The lowest BCUT2D eigenvalue weighted by Gasteiger charge is -2.36. The second-order valence-electron chi connectivity index (χ2n) is 11.2. The summed E-state index contributed by atoms with van der Waals surface area (Å²) in [7, 11) is 1.30. The summed E-state index contributed by atoms with van der Waals surface area (Å²) in [4.78, 5) is 30.0. The molecule has 1 aromatic heterocycles. The lowest BCUT2D eigenvalue weighted by molar-refractivity contribution is -0.252. The Morgan fingerprint density at radius 3 is 2.50 bits per heavy atom. The van der Waals surface area contributed by atoms with Crippen LogP contribution in [0.1, 0.15) is 41.1 Å². The van der Waals surface area contributed by atoms with E-state index >= 15 is 0 Å². The predicted octanol–water partition coefficient (Wildman–Crippen LogP) is 5.68. The quantitative estimate of drug-likeness (QED) is 0.172. The lowest BCUT2D eigenvalue weighted by Crippen LogP contribution is -2.45. The molecular formula is C36H36N4O6. The van der Waals surface area contributed by atoms with Crippen LogP contribution in [0.25, 0.3) is 11.0 Å². The molecule has 3 N–H and O–H groups in total. The van der Waals surface area contributed by atoms with Crippen LogP contribution in [-0.4, -0.2) is 45.9 Å². The zero-order valence-corrected chi connectivity index (χ0v) is 25.4. The minimum atomic E-state index is -0.862. The van der Waals surface area contributed by atoms with E-state index in [9.17, 15) is 14.7 Å². The molecule has 2 amide bonds. The summed E-state index contributed by atoms with van der Waals surface area (Å²) in [5.41, 5.74) is 5.87. The number of urea groups is 1. The van der Waals surface area contributed by atoms with Crippen LogP contribution in [0.4, 0.5) is 10.5 Å². The third-order valence-corrected chi connectivity index (χ3v) is 8.03. The number of carbonyl (C=O) groups is 2. The summed E-state index contributed by atoms with van der Waals surface area (Å²) < 4.78 is 20.1. The molecule has 0 aliphatic carbocycles. The zero-order chi connectivity index (χ0) is 31.9. The highest BCUT2D eigenvalue weighted by Gasteiger charge is 2.33.